The Morgan fingerprint density at radius 3 is 1.86 bits per heavy atom. The second kappa shape index (κ2) is 11.7. The fourth-order valence-electron chi connectivity index (χ4n) is 14.8. The molecule has 1 nitrogen and oxygen atoms in total. The molecule has 0 aromatic heterocycles. The van der Waals surface area contributed by atoms with Crippen LogP contribution in [0.2, 0.25) is 0 Å². The highest BCUT2D eigenvalue weighted by molar-refractivity contribution is 5.92. The van der Waals surface area contributed by atoms with E-state index in [4.69, 9.17) is 0 Å². The maximum Gasteiger partial charge on any atom is 0.0502 e. The van der Waals surface area contributed by atoms with Gasteiger partial charge in [-0.15, -0.1) is 0 Å². The Kier molecular flexibility index (Phi) is 6.81. The molecular formula is C58H53N. The zero-order valence-electron chi connectivity index (χ0n) is 34.9. The highest BCUT2D eigenvalue weighted by Crippen LogP contribution is 2.89. The lowest BCUT2D eigenvalue weighted by atomic mass is 9.27. The minimum Gasteiger partial charge on any atom is -0.310 e. The zero-order chi connectivity index (χ0) is 39.5. The number of nitrogens with zero attached hydrogens (tertiary/aromatic N) is 1. The molecule has 0 amide bonds. The quantitative estimate of drug-likeness (QED) is 0.169. The van der Waals surface area contributed by atoms with E-state index >= 15 is 0 Å². The Bertz CT molecular complexity index is 2880. The van der Waals surface area contributed by atoms with Crippen LogP contribution in [0.3, 0.4) is 0 Å². The standard InChI is InChI=1S/C58H53N/c1-55(2)27-28-56(3,4)54-49(55)15-10-16-51(54)59(44-23-21-38(22-24-44)40-18-20-41-31-39(17-19-42(41)32-40)37-11-6-5-7-12-37)45-25-26-47-46-13-8-9-14-48(46)58(50(47)34-45)52-30-36-29-43-33-53(58)57(43,52)35-36/h5-26,31-32,34,36,43,52-53H,27-30,33,35H2,1-4H3. The SMILES string of the molecule is CC1(C)CCC(C)(C)c2c(N(c3ccc(-c4ccc5cc(-c6ccccc6)ccc5c4)cc3)c3ccc4c(c3)C3(c5ccccc5-4)C4CC5CC6CC3C64C5)cccc21. The predicted octanol–water partition coefficient (Wildman–Crippen LogP) is 15.3. The minimum atomic E-state index is 0.0592. The summed E-state index contributed by atoms with van der Waals surface area (Å²) in [4.78, 5) is 2.65. The number of hydrogen-bond acceptors (Lipinski definition) is 1. The third-order valence-electron chi connectivity index (χ3n) is 17.3. The van der Waals surface area contributed by atoms with Gasteiger partial charge in [-0.3, -0.25) is 0 Å². The Balaban J connectivity index is 0.955. The van der Waals surface area contributed by atoms with Gasteiger partial charge in [0.05, 0.1) is 5.69 Å². The molecule has 59 heavy (non-hydrogen) atoms. The summed E-state index contributed by atoms with van der Waals surface area (Å²) in [6.07, 6.45) is 8.24. The summed E-state index contributed by atoms with van der Waals surface area (Å²) in [5.74, 6) is 3.50. The first-order valence-corrected chi connectivity index (χ1v) is 22.6. The summed E-state index contributed by atoms with van der Waals surface area (Å²) < 4.78 is 0. The lowest BCUT2D eigenvalue weighted by molar-refractivity contribution is -0.231. The normalized spacial score (nSPS) is 28.0. The van der Waals surface area contributed by atoms with Crippen LogP contribution in [0.4, 0.5) is 17.1 Å². The van der Waals surface area contributed by atoms with Crippen molar-refractivity contribution in [3.63, 3.8) is 0 Å². The van der Waals surface area contributed by atoms with E-state index in [2.05, 4.69) is 184 Å². The smallest absolute Gasteiger partial charge is 0.0502 e. The molecule has 4 fully saturated rings. The Morgan fingerprint density at radius 2 is 1.10 bits per heavy atom. The van der Waals surface area contributed by atoms with E-state index in [0.717, 1.165) is 23.7 Å². The van der Waals surface area contributed by atoms with Crippen molar-refractivity contribution in [3.8, 4) is 33.4 Å². The van der Waals surface area contributed by atoms with Crippen LogP contribution in [0, 0.1) is 29.1 Å². The van der Waals surface area contributed by atoms with Crippen LogP contribution in [-0.4, -0.2) is 0 Å². The fraction of sp³-hybridized carbons (Fsp3) is 0.310. The van der Waals surface area contributed by atoms with Crippen molar-refractivity contribution in [3.05, 3.63) is 174 Å². The maximum atomic E-state index is 2.68. The second-order valence-electron chi connectivity index (χ2n) is 20.8. The van der Waals surface area contributed by atoms with Crippen LogP contribution >= 0.6 is 0 Å². The van der Waals surface area contributed by atoms with Crippen LogP contribution in [0.25, 0.3) is 44.2 Å². The summed E-state index contributed by atoms with van der Waals surface area (Å²) in [5, 5.41) is 2.54. The molecule has 6 unspecified atom stereocenters. The van der Waals surface area contributed by atoms with Gasteiger partial charge in [0.2, 0.25) is 0 Å². The van der Waals surface area contributed by atoms with Gasteiger partial charge in [-0.25, -0.2) is 0 Å². The molecule has 0 radical (unpaired) electrons. The van der Waals surface area contributed by atoms with Gasteiger partial charge < -0.3 is 4.90 Å². The van der Waals surface area contributed by atoms with Crippen molar-refractivity contribution in [1.82, 2.24) is 0 Å². The van der Waals surface area contributed by atoms with E-state index in [9.17, 15) is 0 Å². The minimum absolute atomic E-state index is 0.0592. The van der Waals surface area contributed by atoms with Crippen LogP contribution in [0.15, 0.2) is 152 Å². The Morgan fingerprint density at radius 1 is 0.475 bits per heavy atom. The molecule has 7 aromatic carbocycles. The predicted molar refractivity (Wildman–Crippen MR) is 246 cm³/mol. The molecule has 13 rings (SSSR count). The summed E-state index contributed by atoms with van der Waals surface area (Å²) in [6, 6.07) is 58.4. The van der Waals surface area contributed by atoms with Crippen molar-refractivity contribution in [1.29, 1.82) is 0 Å². The van der Waals surface area contributed by atoms with E-state index in [-0.39, 0.29) is 16.2 Å². The molecule has 290 valence electrons. The highest BCUT2D eigenvalue weighted by atomic mass is 15.1. The van der Waals surface area contributed by atoms with Crippen molar-refractivity contribution >= 4 is 27.8 Å². The monoisotopic (exact) mass is 763 g/mol. The van der Waals surface area contributed by atoms with Gasteiger partial charge in [0.25, 0.3) is 0 Å². The average molecular weight is 764 g/mol. The van der Waals surface area contributed by atoms with Gasteiger partial charge in [-0.05, 0) is 187 Å². The largest absolute Gasteiger partial charge is 0.310 e. The molecule has 6 aliphatic carbocycles. The van der Waals surface area contributed by atoms with Crippen molar-refractivity contribution < 1.29 is 0 Å². The fourth-order valence-corrected chi connectivity index (χ4v) is 14.8. The van der Waals surface area contributed by atoms with E-state index in [1.54, 1.807) is 11.1 Å². The number of rotatable bonds is 5. The van der Waals surface area contributed by atoms with Crippen LogP contribution in [0.5, 0.6) is 0 Å². The zero-order valence-corrected chi connectivity index (χ0v) is 34.9. The molecule has 4 saturated carbocycles. The number of hydrogen-bond donors (Lipinski definition) is 0. The van der Waals surface area contributed by atoms with E-state index in [1.807, 2.05) is 0 Å². The van der Waals surface area contributed by atoms with Gasteiger partial charge >= 0.3 is 0 Å². The third kappa shape index (κ3) is 4.42. The first-order chi connectivity index (χ1) is 28.7. The molecule has 6 atom stereocenters. The third-order valence-corrected chi connectivity index (χ3v) is 17.3. The lowest BCUT2D eigenvalue weighted by Gasteiger charge is -2.76. The first-order valence-electron chi connectivity index (χ1n) is 22.6. The first kappa shape index (κ1) is 34.5. The molecule has 6 aliphatic rings. The molecular weight excluding hydrogens is 711 g/mol. The van der Waals surface area contributed by atoms with Gasteiger partial charge in [0, 0.05) is 16.8 Å². The average Bonchev–Trinajstić information content (AvgIpc) is 3.90. The Labute approximate surface area is 350 Å². The van der Waals surface area contributed by atoms with Crippen molar-refractivity contribution in [2.24, 2.45) is 29.1 Å². The molecule has 2 spiro atoms. The summed E-state index contributed by atoms with van der Waals surface area (Å²) in [6.45, 7) is 9.89. The number of anilines is 3. The molecule has 0 heterocycles. The van der Waals surface area contributed by atoms with Crippen LogP contribution in [0.1, 0.15) is 88.5 Å². The van der Waals surface area contributed by atoms with E-state index in [1.165, 1.54) is 111 Å². The van der Waals surface area contributed by atoms with E-state index < -0.39 is 0 Å². The van der Waals surface area contributed by atoms with E-state index in [0.29, 0.717) is 5.41 Å². The summed E-state index contributed by atoms with van der Waals surface area (Å²) in [7, 11) is 0. The maximum absolute atomic E-state index is 2.68. The summed E-state index contributed by atoms with van der Waals surface area (Å²) >= 11 is 0. The lowest BCUT2D eigenvalue weighted by Crippen LogP contribution is -2.73. The molecule has 2 bridgehead atoms. The van der Waals surface area contributed by atoms with Crippen LogP contribution in [-0.2, 0) is 16.2 Å². The van der Waals surface area contributed by atoms with Gasteiger partial charge in [0.1, 0.15) is 0 Å². The molecule has 1 heteroatoms. The molecule has 0 saturated heterocycles. The number of benzene rings is 7. The Hall–Kier alpha value is -5.40. The van der Waals surface area contributed by atoms with Crippen molar-refractivity contribution in [2.45, 2.75) is 82.5 Å². The second-order valence-corrected chi connectivity index (χ2v) is 20.8. The van der Waals surface area contributed by atoms with Gasteiger partial charge in [0.15, 0.2) is 0 Å². The molecule has 0 aliphatic heterocycles. The topological polar surface area (TPSA) is 3.24 Å². The van der Waals surface area contributed by atoms with Gasteiger partial charge in [-0.1, -0.05) is 137 Å². The molecule has 0 N–H and O–H groups in total. The van der Waals surface area contributed by atoms with Crippen LogP contribution < -0.4 is 4.90 Å². The van der Waals surface area contributed by atoms with Crippen molar-refractivity contribution in [2.75, 3.05) is 4.90 Å². The van der Waals surface area contributed by atoms with Gasteiger partial charge in [-0.2, -0.15) is 0 Å². The summed E-state index contributed by atoms with van der Waals surface area (Å²) in [5.41, 5.74) is 19.1. The molecule has 7 aromatic rings. The number of fused-ring (bicyclic) bond motifs is 10. The highest BCUT2D eigenvalue weighted by Gasteiger charge is 2.84.